The fraction of sp³-hybridized carbons (Fsp3) is 0.409. The molecule has 8 heteroatoms. The normalized spacial score (nSPS) is 17.1. The number of thiocarbonyl (C=S) groups is 1. The van der Waals surface area contributed by atoms with Crippen molar-refractivity contribution in [1.82, 2.24) is 10.3 Å². The third-order valence-electron chi connectivity index (χ3n) is 5.97. The number of carboxylic acids is 1. The van der Waals surface area contributed by atoms with Gasteiger partial charge in [0.1, 0.15) is 5.75 Å². The lowest BCUT2D eigenvalue weighted by atomic mass is 9.97. The number of carbonyl (C=O) groups is 1. The smallest absolute Gasteiger partial charge is 0.306 e. The van der Waals surface area contributed by atoms with E-state index in [2.05, 4.69) is 28.7 Å². The summed E-state index contributed by atoms with van der Waals surface area (Å²) in [6, 6.07) is 6.45. The molecule has 1 saturated heterocycles. The van der Waals surface area contributed by atoms with Crippen molar-refractivity contribution in [2.24, 2.45) is 11.0 Å². The highest BCUT2D eigenvalue weighted by molar-refractivity contribution is 7.80. The molecule has 2 aromatic rings. The average molecular weight is 444 g/mol. The van der Waals surface area contributed by atoms with Crippen LogP contribution in [-0.4, -0.2) is 45.0 Å². The molecular weight excluding hydrogens is 418 g/mol. The van der Waals surface area contributed by atoms with Gasteiger partial charge in [0.15, 0.2) is 5.11 Å². The third-order valence-corrected chi connectivity index (χ3v) is 7.33. The van der Waals surface area contributed by atoms with Gasteiger partial charge in [0, 0.05) is 18.5 Å². The highest BCUT2D eigenvalue weighted by atomic mass is 32.1. The number of fused-ring (bicyclic) bond motifs is 1. The molecule has 0 spiro atoms. The van der Waals surface area contributed by atoms with Gasteiger partial charge in [0.05, 0.1) is 22.1 Å². The molecule has 6 nitrogen and oxygen atoms in total. The molecule has 1 fully saturated rings. The van der Waals surface area contributed by atoms with Gasteiger partial charge in [-0.1, -0.05) is 12.1 Å². The molecule has 0 saturated carbocycles. The van der Waals surface area contributed by atoms with Gasteiger partial charge in [-0.3, -0.25) is 10.2 Å². The maximum absolute atomic E-state index is 11.1. The number of aliphatic carboxylic acids is 1. The van der Waals surface area contributed by atoms with Crippen LogP contribution in [0.25, 0.3) is 10.4 Å². The Hall–Kier alpha value is -2.45. The first-order valence-electron chi connectivity index (χ1n) is 10.2. The molecule has 0 amide bonds. The van der Waals surface area contributed by atoms with E-state index >= 15 is 0 Å². The first-order valence-corrected chi connectivity index (χ1v) is 11.5. The topological polar surface area (TPSA) is 85.2 Å². The van der Waals surface area contributed by atoms with Crippen LogP contribution >= 0.6 is 23.6 Å². The number of hydrazone groups is 1. The Kier molecular flexibility index (Phi) is 6.06. The number of hydrogen-bond acceptors (Lipinski definition) is 5. The Morgan fingerprint density at radius 2 is 2.00 bits per heavy atom. The molecule has 2 heterocycles. The highest BCUT2D eigenvalue weighted by Crippen LogP contribution is 2.40. The van der Waals surface area contributed by atoms with Crippen molar-refractivity contribution in [3.63, 3.8) is 0 Å². The van der Waals surface area contributed by atoms with E-state index in [9.17, 15) is 9.90 Å². The van der Waals surface area contributed by atoms with Crippen LogP contribution in [0.15, 0.2) is 28.7 Å². The average Bonchev–Trinajstić information content (AvgIpc) is 3.37. The summed E-state index contributed by atoms with van der Waals surface area (Å²) in [5.74, 6) is -0.793. The lowest BCUT2D eigenvalue weighted by Crippen LogP contribution is -2.44. The molecule has 1 aliphatic heterocycles. The van der Waals surface area contributed by atoms with Crippen LogP contribution in [0.1, 0.15) is 42.9 Å². The molecule has 4 rings (SSSR count). The Morgan fingerprint density at radius 1 is 1.27 bits per heavy atom. The van der Waals surface area contributed by atoms with Crippen LogP contribution in [-0.2, 0) is 17.6 Å². The first kappa shape index (κ1) is 20.8. The molecular formula is C22H25N3O3S2. The number of likely N-dealkylation sites (tertiary alicyclic amines) is 1. The second-order valence-electron chi connectivity index (χ2n) is 7.88. The van der Waals surface area contributed by atoms with Crippen LogP contribution in [0.2, 0.25) is 0 Å². The lowest BCUT2D eigenvalue weighted by molar-refractivity contribution is -0.143. The van der Waals surface area contributed by atoms with Crippen molar-refractivity contribution in [3.8, 4) is 16.2 Å². The predicted octanol–water partition coefficient (Wildman–Crippen LogP) is 4.00. The van der Waals surface area contributed by atoms with Crippen LogP contribution in [0.3, 0.4) is 0 Å². The van der Waals surface area contributed by atoms with Gasteiger partial charge >= 0.3 is 5.97 Å². The van der Waals surface area contributed by atoms with Crippen LogP contribution in [0, 0.1) is 5.92 Å². The zero-order valence-corrected chi connectivity index (χ0v) is 18.5. The van der Waals surface area contributed by atoms with Crippen LogP contribution < -0.4 is 5.43 Å². The largest absolute Gasteiger partial charge is 0.506 e. The minimum atomic E-state index is -0.741. The summed E-state index contributed by atoms with van der Waals surface area (Å²) in [7, 11) is 0. The zero-order chi connectivity index (χ0) is 21.3. The summed E-state index contributed by atoms with van der Waals surface area (Å²) < 4.78 is 0. The fourth-order valence-electron chi connectivity index (χ4n) is 4.12. The van der Waals surface area contributed by atoms with Crippen molar-refractivity contribution in [2.45, 2.75) is 39.0 Å². The number of piperidine rings is 1. The van der Waals surface area contributed by atoms with Gasteiger partial charge in [-0.15, -0.1) is 11.3 Å². The number of carboxylic acid groups (broad SMARTS) is 1. The van der Waals surface area contributed by atoms with E-state index in [1.807, 2.05) is 17.2 Å². The molecule has 1 aromatic heterocycles. The number of nitrogens with zero attached hydrogens (tertiary/aromatic N) is 2. The van der Waals surface area contributed by atoms with E-state index in [1.165, 1.54) is 28.9 Å². The SMILES string of the molecule is C/C(=N\NC(=S)N1CCC(C(=O)O)CC1)c1csc(-c2ccc3c(c2)CCC3)c1O. The minimum Gasteiger partial charge on any atom is -0.506 e. The van der Waals surface area contributed by atoms with Crippen molar-refractivity contribution < 1.29 is 15.0 Å². The van der Waals surface area contributed by atoms with Gasteiger partial charge in [0.2, 0.25) is 0 Å². The lowest BCUT2D eigenvalue weighted by Gasteiger charge is -2.31. The van der Waals surface area contributed by atoms with E-state index in [0.717, 1.165) is 23.3 Å². The van der Waals surface area contributed by atoms with E-state index in [-0.39, 0.29) is 11.7 Å². The third kappa shape index (κ3) is 4.20. The van der Waals surface area contributed by atoms with Gasteiger partial charge in [-0.25, -0.2) is 0 Å². The summed E-state index contributed by atoms with van der Waals surface area (Å²) >= 11 is 6.92. The standard InChI is InChI=1S/C22H25N3O3S2/c1-13(23-24-22(29)25-9-7-15(8-10-25)21(27)28)18-12-30-20(19(18)26)17-6-5-14-3-2-4-16(14)11-17/h5-6,11-12,15,26H,2-4,7-10H2,1H3,(H,24,29)(H,27,28)/b23-13+. The number of aryl methyl sites for hydroxylation is 2. The molecule has 0 bridgehead atoms. The molecule has 3 N–H and O–H groups in total. The van der Waals surface area contributed by atoms with Crippen LogP contribution in [0.4, 0.5) is 0 Å². The number of aromatic hydroxyl groups is 1. The first-order chi connectivity index (χ1) is 14.4. The van der Waals surface area contributed by atoms with Crippen molar-refractivity contribution >= 4 is 40.3 Å². The number of thiophene rings is 1. The highest BCUT2D eigenvalue weighted by Gasteiger charge is 2.25. The quantitative estimate of drug-likeness (QED) is 0.376. The Bertz CT molecular complexity index is 1010. The number of rotatable bonds is 4. The Labute approximate surface area is 185 Å². The predicted molar refractivity (Wildman–Crippen MR) is 123 cm³/mol. The van der Waals surface area contributed by atoms with Gasteiger partial charge in [-0.2, -0.15) is 5.10 Å². The maximum Gasteiger partial charge on any atom is 0.306 e. The minimum absolute atomic E-state index is 0.245. The monoisotopic (exact) mass is 443 g/mol. The zero-order valence-electron chi connectivity index (χ0n) is 16.9. The molecule has 158 valence electrons. The second-order valence-corrected chi connectivity index (χ2v) is 9.14. The summed E-state index contributed by atoms with van der Waals surface area (Å²) in [6.45, 7) is 3.04. The molecule has 0 atom stereocenters. The fourth-order valence-corrected chi connectivity index (χ4v) is 5.35. The number of hydrogen-bond donors (Lipinski definition) is 3. The summed E-state index contributed by atoms with van der Waals surface area (Å²) in [6.07, 6.45) is 4.60. The summed E-state index contributed by atoms with van der Waals surface area (Å²) in [5, 5.41) is 26.7. The molecule has 30 heavy (non-hydrogen) atoms. The molecule has 2 aliphatic rings. The van der Waals surface area contributed by atoms with Crippen molar-refractivity contribution in [3.05, 3.63) is 40.3 Å². The van der Waals surface area contributed by atoms with Gasteiger partial charge in [-0.05, 0) is 74.0 Å². The van der Waals surface area contributed by atoms with E-state index in [1.54, 1.807) is 0 Å². The van der Waals surface area contributed by atoms with Gasteiger partial charge < -0.3 is 15.1 Å². The molecule has 1 aromatic carbocycles. The van der Waals surface area contributed by atoms with Crippen LogP contribution in [0.5, 0.6) is 5.75 Å². The number of benzene rings is 1. The van der Waals surface area contributed by atoms with Gasteiger partial charge in [0.25, 0.3) is 0 Å². The Balaban J connectivity index is 1.42. The maximum atomic E-state index is 11.1. The van der Waals surface area contributed by atoms with E-state index in [4.69, 9.17) is 17.3 Å². The van der Waals surface area contributed by atoms with Crippen molar-refractivity contribution in [2.75, 3.05) is 13.1 Å². The van der Waals surface area contributed by atoms with Crippen molar-refractivity contribution in [1.29, 1.82) is 0 Å². The molecule has 1 aliphatic carbocycles. The summed E-state index contributed by atoms with van der Waals surface area (Å²) in [5.41, 5.74) is 8.08. The second kappa shape index (κ2) is 8.73. The number of nitrogens with one attached hydrogen (secondary N) is 1. The Morgan fingerprint density at radius 3 is 2.73 bits per heavy atom. The van der Waals surface area contributed by atoms with E-state index < -0.39 is 5.97 Å². The van der Waals surface area contributed by atoms with E-state index in [0.29, 0.717) is 42.3 Å². The molecule has 0 radical (unpaired) electrons. The summed E-state index contributed by atoms with van der Waals surface area (Å²) in [4.78, 5) is 13.9. The molecule has 0 unspecified atom stereocenters.